The van der Waals surface area contributed by atoms with Crippen molar-refractivity contribution in [2.45, 2.75) is 32.4 Å². The molecule has 1 unspecified atom stereocenters. The van der Waals surface area contributed by atoms with Gasteiger partial charge in [0.2, 0.25) is 0 Å². The van der Waals surface area contributed by atoms with Crippen LogP contribution in [0.5, 0.6) is 0 Å². The number of benzene rings is 1. The van der Waals surface area contributed by atoms with E-state index in [-0.39, 0.29) is 18.6 Å². The summed E-state index contributed by atoms with van der Waals surface area (Å²) in [6.45, 7) is 5.93. The molecule has 0 bridgehead atoms. The predicted molar refractivity (Wildman–Crippen MR) is 82.4 cm³/mol. The van der Waals surface area contributed by atoms with Gasteiger partial charge in [-0.15, -0.1) is 0 Å². The zero-order valence-corrected chi connectivity index (χ0v) is 13.6. The fourth-order valence-electron chi connectivity index (χ4n) is 1.64. The number of hydrogen-bond donors (Lipinski definition) is 1. The molecule has 5 nitrogen and oxygen atoms in total. The van der Waals surface area contributed by atoms with Crippen LogP contribution in [0.15, 0.2) is 22.7 Å². The summed E-state index contributed by atoms with van der Waals surface area (Å²) in [7, 11) is 0. The largest absolute Gasteiger partial charge is 0.376 e. The van der Waals surface area contributed by atoms with Gasteiger partial charge in [-0.1, -0.05) is 34.4 Å². The highest BCUT2D eigenvalue weighted by Gasteiger charge is 2.29. The highest BCUT2D eigenvalue weighted by atomic mass is 35.5. The first-order valence-corrected chi connectivity index (χ1v) is 7.26. The molecule has 0 aliphatic rings. The Morgan fingerprint density at radius 2 is 2.10 bits per heavy atom. The second kappa shape index (κ2) is 6.32. The van der Waals surface area contributed by atoms with Crippen molar-refractivity contribution < 1.29 is 9.26 Å². The lowest BCUT2D eigenvalue weighted by molar-refractivity contribution is 0.0410. The Bertz CT molecular complexity index is 626. The Morgan fingerprint density at radius 1 is 1.38 bits per heavy atom. The number of nitrogens with two attached hydrogens (primary N) is 1. The van der Waals surface area contributed by atoms with Crippen LogP contribution in [0, 0.1) is 0 Å². The standard InChI is InChI=1S/C14H17Cl2N3O2/c1-8(2)20-7-14(3,17)13-18-12(21-19-13)9-5-4-6-10(15)11(9)16/h4-6,8H,7,17H2,1-3H3. The van der Waals surface area contributed by atoms with Crippen LogP contribution in [0.3, 0.4) is 0 Å². The van der Waals surface area contributed by atoms with Crippen LogP contribution in [0.1, 0.15) is 26.6 Å². The fraction of sp³-hybridized carbons (Fsp3) is 0.429. The van der Waals surface area contributed by atoms with Crippen molar-refractivity contribution in [3.63, 3.8) is 0 Å². The number of rotatable bonds is 5. The number of halogens is 2. The van der Waals surface area contributed by atoms with E-state index in [9.17, 15) is 0 Å². The monoisotopic (exact) mass is 329 g/mol. The Labute approximate surface area is 133 Å². The second-order valence-corrected chi connectivity index (χ2v) is 6.09. The van der Waals surface area contributed by atoms with Gasteiger partial charge in [0.25, 0.3) is 5.89 Å². The van der Waals surface area contributed by atoms with Crippen LogP contribution in [-0.4, -0.2) is 22.9 Å². The van der Waals surface area contributed by atoms with E-state index in [0.29, 0.717) is 21.4 Å². The molecule has 0 fully saturated rings. The molecule has 7 heteroatoms. The van der Waals surface area contributed by atoms with Crippen molar-refractivity contribution in [3.8, 4) is 11.5 Å². The maximum absolute atomic E-state index is 6.18. The van der Waals surface area contributed by atoms with E-state index < -0.39 is 5.54 Å². The highest BCUT2D eigenvalue weighted by Crippen LogP contribution is 2.33. The molecule has 2 aromatic rings. The minimum Gasteiger partial charge on any atom is -0.376 e. The SMILES string of the molecule is CC(C)OCC(C)(N)c1noc(-c2cccc(Cl)c2Cl)n1. The third-order valence-corrected chi connectivity index (χ3v) is 3.65. The van der Waals surface area contributed by atoms with Gasteiger partial charge in [-0.25, -0.2) is 0 Å². The summed E-state index contributed by atoms with van der Waals surface area (Å²) in [4.78, 5) is 4.31. The van der Waals surface area contributed by atoms with Gasteiger partial charge in [-0.2, -0.15) is 4.98 Å². The topological polar surface area (TPSA) is 74.2 Å². The third-order valence-electron chi connectivity index (χ3n) is 2.84. The zero-order chi connectivity index (χ0) is 15.6. The number of aromatic nitrogens is 2. The predicted octanol–water partition coefficient (Wildman–Crippen LogP) is 3.64. The number of nitrogens with zero attached hydrogens (tertiary/aromatic N) is 2. The minimum atomic E-state index is -0.850. The minimum absolute atomic E-state index is 0.0709. The summed E-state index contributed by atoms with van der Waals surface area (Å²) in [5.41, 5.74) is 5.90. The molecule has 0 amide bonds. The van der Waals surface area contributed by atoms with E-state index in [1.54, 1.807) is 25.1 Å². The van der Waals surface area contributed by atoms with Crippen molar-refractivity contribution in [1.29, 1.82) is 0 Å². The van der Waals surface area contributed by atoms with E-state index in [2.05, 4.69) is 10.1 Å². The molecule has 0 saturated carbocycles. The fourth-order valence-corrected chi connectivity index (χ4v) is 2.02. The van der Waals surface area contributed by atoms with Gasteiger partial charge in [0.15, 0.2) is 5.82 Å². The van der Waals surface area contributed by atoms with Crippen LogP contribution >= 0.6 is 23.2 Å². The Hall–Kier alpha value is -1.14. The summed E-state index contributed by atoms with van der Waals surface area (Å²) in [6, 6.07) is 5.20. The molecule has 2 rings (SSSR count). The first-order chi connectivity index (χ1) is 9.81. The van der Waals surface area contributed by atoms with Crippen molar-refractivity contribution >= 4 is 23.2 Å². The zero-order valence-electron chi connectivity index (χ0n) is 12.1. The second-order valence-electron chi connectivity index (χ2n) is 5.30. The van der Waals surface area contributed by atoms with Crippen molar-refractivity contribution in [2.24, 2.45) is 5.73 Å². The lowest BCUT2D eigenvalue weighted by Crippen LogP contribution is -2.40. The van der Waals surface area contributed by atoms with Crippen molar-refractivity contribution in [2.75, 3.05) is 6.61 Å². The molecule has 1 atom stereocenters. The molecule has 0 saturated heterocycles. The number of hydrogen-bond acceptors (Lipinski definition) is 5. The molecular formula is C14H17Cl2N3O2. The molecular weight excluding hydrogens is 313 g/mol. The van der Waals surface area contributed by atoms with E-state index in [0.717, 1.165) is 0 Å². The first-order valence-electron chi connectivity index (χ1n) is 6.50. The molecule has 1 heterocycles. The quantitative estimate of drug-likeness (QED) is 0.906. The molecule has 21 heavy (non-hydrogen) atoms. The van der Waals surface area contributed by atoms with E-state index in [4.69, 9.17) is 38.2 Å². The molecule has 1 aromatic carbocycles. The molecule has 2 N–H and O–H groups in total. The smallest absolute Gasteiger partial charge is 0.259 e. The molecule has 0 aliphatic heterocycles. The Balaban J connectivity index is 2.27. The van der Waals surface area contributed by atoms with Gasteiger partial charge in [0.05, 0.1) is 28.3 Å². The maximum atomic E-state index is 6.18. The van der Waals surface area contributed by atoms with Gasteiger partial charge in [-0.3, -0.25) is 0 Å². The highest BCUT2D eigenvalue weighted by molar-refractivity contribution is 6.43. The maximum Gasteiger partial charge on any atom is 0.259 e. The first kappa shape index (κ1) is 16.2. The third kappa shape index (κ3) is 3.74. The molecule has 0 radical (unpaired) electrons. The molecule has 0 spiro atoms. The van der Waals surface area contributed by atoms with Gasteiger partial charge in [0.1, 0.15) is 5.54 Å². The van der Waals surface area contributed by atoms with Gasteiger partial charge >= 0.3 is 0 Å². The summed E-state index contributed by atoms with van der Waals surface area (Å²) >= 11 is 12.1. The van der Waals surface area contributed by atoms with Gasteiger partial charge < -0.3 is 15.0 Å². The molecule has 1 aromatic heterocycles. The van der Waals surface area contributed by atoms with Crippen molar-refractivity contribution in [1.82, 2.24) is 10.1 Å². The van der Waals surface area contributed by atoms with Gasteiger partial charge in [-0.05, 0) is 32.9 Å². The lowest BCUT2D eigenvalue weighted by Gasteiger charge is -2.21. The van der Waals surface area contributed by atoms with Crippen LogP contribution in [0.2, 0.25) is 10.0 Å². The van der Waals surface area contributed by atoms with E-state index in [1.165, 1.54) is 0 Å². The Kier molecular flexibility index (Phi) is 4.88. The number of ether oxygens (including phenoxy) is 1. The van der Waals surface area contributed by atoms with Crippen molar-refractivity contribution in [3.05, 3.63) is 34.1 Å². The molecule has 114 valence electrons. The summed E-state index contributed by atoms with van der Waals surface area (Å²) < 4.78 is 10.8. The van der Waals surface area contributed by atoms with E-state index >= 15 is 0 Å². The average molecular weight is 330 g/mol. The lowest BCUT2D eigenvalue weighted by atomic mass is 10.1. The average Bonchev–Trinajstić information content (AvgIpc) is 2.90. The summed E-state index contributed by atoms with van der Waals surface area (Å²) in [5.74, 6) is 0.632. The summed E-state index contributed by atoms with van der Waals surface area (Å²) in [6.07, 6.45) is 0.0709. The van der Waals surface area contributed by atoms with Crippen LogP contribution < -0.4 is 5.73 Å². The van der Waals surface area contributed by atoms with Crippen LogP contribution in [-0.2, 0) is 10.3 Å². The van der Waals surface area contributed by atoms with Gasteiger partial charge in [0, 0.05) is 0 Å². The summed E-state index contributed by atoms with van der Waals surface area (Å²) in [5, 5.41) is 4.71. The molecule has 0 aliphatic carbocycles. The van der Waals surface area contributed by atoms with E-state index in [1.807, 2.05) is 13.8 Å². The normalized spacial score (nSPS) is 14.4. The van der Waals surface area contributed by atoms with Crippen LogP contribution in [0.25, 0.3) is 11.5 Å². The van der Waals surface area contributed by atoms with Crippen LogP contribution in [0.4, 0.5) is 0 Å². The Morgan fingerprint density at radius 3 is 2.76 bits per heavy atom.